The van der Waals surface area contributed by atoms with Crippen molar-refractivity contribution >= 4 is 21.7 Å². The fraction of sp³-hybridized carbons (Fsp3) is 0.500. The number of Topliss-reactive ketones (excluding diaryl/α,β-unsaturated/α-hetero) is 1. The Balaban J connectivity index is 1.59. The van der Waals surface area contributed by atoms with Gasteiger partial charge in [-0.3, -0.25) is 14.5 Å². The van der Waals surface area contributed by atoms with E-state index in [9.17, 15) is 18.0 Å². The molecule has 0 bridgehead atoms. The number of nitrogens with zero attached hydrogens (tertiary/aromatic N) is 4. The van der Waals surface area contributed by atoms with Crippen LogP contribution in [0.1, 0.15) is 46.0 Å². The molecule has 2 aromatic rings. The van der Waals surface area contributed by atoms with Crippen LogP contribution in [0.4, 0.5) is 0 Å². The lowest BCUT2D eigenvalue weighted by molar-refractivity contribution is 0.0624. The molecule has 33 heavy (non-hydrogen) atoms. The second kappa shape index (κ2) is 10.2. The van der Waals surface area contributed by atoms with Crippen LogP contribution in [-0.2, 0) is 17.1 Å². The number of ketones is 1. The van der Waals surface area contributed by atoms with Gasteiger partial charge in [-0.25, -0.2) is 8.42 Å². The number of piperazine rings is 1. The minimum atomic E-state index is -3.55. The van der Waals surface area contributed by atoms with E-state index in [0.717, 1.165) is 17.0 Å². The summed E-state index contributed by atoms with van der Waals surface area (Å²) in [6, 6.07) is 8.09. The molecule has 0 N–H and O–H groups in total. The zero-order chi connectivity index (χ0) is 24.3. The van der Waals surface area contributed by atoms with Gasteiger partial charge in [0.25, 0.3) is 5.91 Å². The smallest absolute Gasteiger partial charge is 0.253 e. The Morgan fingerprint density at radius 1 is 0.970 bits per heavy atom. The van der Waals surface area contributed by atoms with Crippen molar-refractivity contribution in [2.45, 2.75) is 32.6 Å². The van der Waals surface area contributed by atoms with Gasteiger partial charge in [0, 0.05) is 68.8 Å². The molecule has 0 unspecified atom stereocenters. The standard InChI is InChI=1S/C24H34N4O4S/c1-6-28(7-2)33(31,32)21-10-8-20(9-11-21)24(30)27-14-12-26(13-15-27)17-23(29)22-16-18(3)25(5)19(22)4/h8-11,16H,6-7,12-15,17H2,1-5H3. The van der Waals surface area contributed by atoms with Gasteiger partial charge in [-0.15, -0.1) is 0 Å². The first kappa shape index (κ1) is 25.1. The van der Waals surface area contributed by atoms with Crippen LogP contribution in [-0.4, -0.2) is 84.6 Å². The van der Waals surface area contributed by atoms with Crippen molar-refractivity contribution in [1.29, 1.82) is 0 Å². The molecule has 3 rings (SSSR count). The molecule has 1 fully saturated rings. The van der Waals surface area contributed by atoms with Gasteiger partial charge in [-0.2, -0.15) is 4.31 Å². The monoisotopic (exact) mass is 474 g/mol. The number of carbonyl (C=O) groups excluding carboxylic acids is 2. The molecule has 1 saturated heterocycles. The van der Waals surface area contributed by atoms with E-state index in [4.69, 9.17) is 0 Å². The molecule has 2 heterocycles. The zero-order valence-electron chi connectivity index (χ0n) is 20.2. The zero-order valence-corrected chi connectivity index (χ0v) is 21.0. The molecule has 1 aromatic heterocycles. The van der Waals surface area contributed by atoms with E-state index in [2.05, 4.69) is 4.90 Å². The first-order chi connectivity index (χ1) is 15.6. The van der Waals surface area contributed by atoms with Gasteiger partial charge in [0.1, 0.15) is 0 Å². The maximum Gasteiger partial charge on any atom is 0.253 e. The van der Waals surface area contributed by atoms with Gasteiger partial charge in [0.05, 0.1) is 11.4 Å². The Morgan fingerprint density at radius 3 is 2.03 bits per heavy atom. The average molecular weight is 475 g/mol. The van der Waals surface area contributed by atoms with Crippen molar-refractivity contribution < 1.29 is 18.0 Å². The highest BCUT2D eigenvalue weighted by atomic mass is 32.2. The third-order valence-electron chi connectivity index (χ3n) is 6.55. The second-order valence-corrected chi connectivity index (χ2v) is 10.4. The van der Waals surface area contributed by atoms with E-state index < -0.39 is 10.0 Å². The fourth-order valence-corrected chi connectivity index (χ4v) is 5.66. The van der Waals surface area contributed by atoms with Crippen molar-refractivity contribution in [1.82, 2.24) is 18.7 Å². The molecule has 0 spiro atoms. The Kier molecular flexibility index (Phi) is 7.76. The van der Waals surface area contributed by atoms with Crippen LogP contribution in [0.2, 0.25) is 0 Å². The van der Waals surface area contributed by atoms with Crippen LogP contribution in [0.3, 0.4) is 0 Å². The van der Waals surface area contributed by atoms with E-state index in [1.54, 1.807) is 30.9 Å². The van der Waals surface area contributed by atoms with Gasteiger partial charge in [-0.05, 0) is 44.2 Å². The highest BCUT2D eigenvalue weighted by Gasteiger charge is 2.26. The fourth-order valence-electron chi connectivity index (χ4n) is 4.20. The van der Waals surface area contributed by atoms with E-state index in [1.165, 1.54) is 16.4 Å². The molecule has 0 radical (unpaired) electrons. The van der Waals surface area contributed by atoms with Crippen molar-refractivity contribution in [3.63, 3.8) is 0 Å². The Bertz CT molecular complexity index is 1110. The van der Waals surface area contributed by atoms with Crippen LogP contribution < -0.4 is 0 Å². The van der Waals surface area contributed by atoms with Crippen LogP contribution >= 0.6 is 0 Å². The first-order valence-corrected chi connectivity index (χ1v) is 12.8. The molecule has 0 atom stereocenters. The summed E-state index contributed by atoms with van der Waals surface area (Å²) in [5.74, 6) is -0.0248. The normalized spacial score (nSPS) is 15.3. The van der Waals surface area contributed by atoms with Gasteiger partial charge >= 0.3 is 0 Å². The topological polar surface area (TPSA) is 82.9 Å². The number of rotatable bonds is 8. The summed E-state index contributed by atoms with van der Waals surface area (Å²) in [6.07, 6.45) is 0. The number of amides is 1. The van der Waals surface area contributed by atoms with Gasteiger partial charge < -0.3 is 9.47 Å². The minimum Gasteiger partial charge on any atom is -0.351 e. The Hall–Kier alpha value is -2.49. The number of aryl methyl sites for hydroxylation is 1. The summed E-state index contributed by atoms with van der Waals surface area (Å²) >= 11 is 0. The highest BCUT2D eigenvalue weighted by Crippen LogP contribution is 2.18. The lowest BCUT2D eigenvalue weighted by Gasteiger charge is -2.34. The maximum atomic E-state index is 12.9. The lowest BCUT2D eigenvalue weighted by Crippen LogP contribution is -2.49. The molecular weight excluding hydrogens is 440 g/mol. The third kappa shape index (κ3) is 5.20. The summed E-state index contributed by atoms with van der Waals surface area (Å²) < 4.78 is 28.7. The molecule has 0 aliphatic carbocycles. The molecule has 180 valence electrons. The Morgan fingerprint density at radius 2 is 1.55 bits per heavy atom. The maximum absolute atomic E-state index is 12.9. The SMILES string of the molecule is CCN(CC)S(=O)(=O)c1ccc(C(=O)N2CCN(CC(=O)c3cc(C)n(C)c3C)CC2)cc1. The Labute approximate surface area is 196 Å². The van der Waals surface area contributed by atoms with Gasteiger partial charge in [0.15, 0.2) is 5.78 Å². The van der Waals surface area contributed by atoms with E-state index in [1.807, 2.05) is 31.5 Å². The largest absolute Gasteiger partial charge is 0.351 e. The quantitative estimate of drug-likeness (QED) is 0.549. The molecule has 8 nitrogen and oxygen atoms in total. The van der Waals surface area contributed by atoms with Crippen LogP contribution in [0.25, 0.3) is 0 Å². The predicted molar refractivity (Wildman–Crippen MR) is 128 cm³/mol. The second-order valence-electron chi connectivity index (χ2n) is 8.45. The van der Waals surface area contributed by atoms with Crippen LogP contribution in [0, 0.1) is 13.8 Å². The number of sulfonamides is 1. The summed E-state index contributed by atoms with van der Waals surface area (Å²) in [6.45, 7) is 11.0. The van der Waals surface area contributed by atoms with Crippen molar-refractivity contribution in [3.8, 4) is 0 Å². The summed E-state index contributed by atoms with van der Waals surface area (Å²) in [4.78, 5) is 29.7. The van der Waals surface area contributed by atoms with Gasteiger partial charge in [0.2, 0.25) is 10.0 Å². The lowest BCUT2D eigenvalue weighted by atomic mass is 10.1. The van der Waals surface area contributed by atoms with Crippen molar-refractivity contribution in [2.24, 2.45) is 7.05 Å². The van der Waals surface area contributed by atoms with Crippen molar-refractivity contribution in [3.05, 3.63) is 52.8 Å². The third-order valence-corrected chi connectivity index (χ3v) is 8.61. The number of carbonyl (C=O) groups is 2. The van der Waals surface area contributed by atoms with Crippen LogP contribution in [0.5, 0.6) is 0 Å². The minimum absolute atomic E-state index is 0.0981. The van der Waals surface area contributed by atoms with E-state index >= 15 is 0 Å². The first-order valence-electron chi connectivity index (χ1n) is 11.4. The van der Waals surface area contributed by atoms with Crippen molar-refractivity contribution in [2.75, 3.05) is 45.8 Å². The number of hydrogen-bond acceptors (Lipinski definition) is 5. The molecule has 1 aromatic carbocycles. The molecule has 9 heteroatoms. The molecule has 0 saturated carbocycles. The summed E-state index contributed by atoms with van der Waals surface area (Å²) in [5.41, 5.74) is 3.25. The number of benzene rings is 1. The molecule has 1 aliphatic heterocycles. The summed E-state index contributed by atoms with van der Waals surface area (Å²) in [5, 5.41) is 0. The predicted octanol–water partition coefficient (Wildman–Crippen LogP) is 2.31. The number of hydrogen-bond donors (Lipinski definition) is 0. The number of aromatic nitrogens is 1. The molecular formula is C24H34N4O4S. The van der Waals surface area contributed by atoms with E-state index in [0.29, 0.717) is 51.4 Å². The van der Waals surface area contributed by atoms with Gasteiger partial charge in [-0.1, -0.05) is 13.8 Å². The molecule has 1 aliphatic rings. The average Bonchev–Trinajstić information content (AvgIpc) is 3.07. The highest BCUT2D eigenvalue weighted by molar-refractivity contribution is 7.89. The summed E-state index contributed by atoms with van der Waals surface area (Å²) in [7, 11) is -1.59. The van der Waals surface area contributed by atoms with E-state index in [-0.39, 0.29) is 16.6 Å². The van der Waals surface area contributed by atoms with Crippen LogP contribution in [0.15, 0.2) is 35.2 Å². The molecule has 1 amide bonds.